The number of benzene rings is 1. The molecule has 3 nitrogen and oxygen atoms in total. The number of hydrogen-bond acceptors (Lipinski definition) is 4. The second-order valence-electron chi connectivity index (χ2n) is 3.87. The van der Waals surface area contributed by atoms with Crippen LogP contribution in [0.4, 0.5) is 5.69 Å². The van der Waals surface area contributed by atoms with Gasteiger partial charge in [0.15, 0.2) is 0 Å². The Kier molecular flexibility index (Phi) is 3.25. The zero-order valence-corrected chi connectivity index (χ0v) is 11.8. The Morgan fingerprint density at radius 1 is 1.11 bits per heavy atom. The number of aromatic nitrogens is 2. The third-order valence-electron chi connectivity index (χ3n) is 2.59. The fourth-order valence-electron chi connectivity index (χ4n) is 1.72. The first-order chi connectivity index (χ1) is 8.81. The van der Waals surface area contributed by atoms with Gasteiger partial charge in [-0.3, -0.25) is 9.97 Å². The van der Waals surface area contributed by atoms with Crippen LogP contribution in [0.25, 0.3) is 11.0 Å². The summed E-state index contributed by atoms with van der Waals surface area (Å²) in [5, 5.41) is 5.52. The fraction of sp³-hybridized carbons (Fsp3) is 0.0769. The molecule has 2 aromatic heterocycles. The third-order valence-corrected chi connectivity index (χ3v) is 4.14. The zero-order valence-electron chi connectivity index (χ0n) is 9.43. The van der Waals surface area contributed by atoms with Crippen LogP contribution in [0, 0.1) is 0 Å². The minimum atomic E-state index is 0.813. The standard InChI is InChI=1S/C13H10BrN3S/c14-13-5-9(8-18-13)7-17-10-1-2-11-12(6-10)16-4-3-15-11/h1-6,8,17H,7H2. The molecule has 0 spiro atoms. The number of nitrogens with zero attached hydrogens (tertiary/aromatic N) is 2. The van der Waals surface area contributed by atoms with Crippen LogP contribution < -0.4 is 5.32 Å². The summed E-state index contributed by atoms with van der Waals surface area (Å²) in [6.07, 6.45) is 3.42. The molecule has 0 bridgehead atoms. The molecule has 0 amide bonds. The van der Waals surface area contributed by atoms with E-state index in [9.17, 15) is 0 Å². The van der Waals surface area contributed by atoms with E-state index in [0.29, 0.717) is 0 Å². The normalized spacial score (nSPS) is 10.7. The van der Waals surface area contributed by atoms with Crippen LogP contribution >= 0.6 is 27.3 Å². The average molecular weight is 320 g/mol. The molecule has 1 aromatic carbocycles. The molecule has 0 atom stereocenters. The molecule has 0 aliphatic heterocycles. The second-order valence-corrected chi connectivity index (χ2v) is 6.16. The molecule has 0 aliphatic carbocycles. The summed E-state index contributed by atoms with van der Waals surface area (Å²) < 4.78 is 1.16. The van der Waals surface area contributed by atoms with Crippen molar-refractivity contribution in [3.05, 3.63) is 51.4 Å². The third kappa shape index (κ3) is 2.52. The zero-order chi connectivity index (χ0) is 12.4. The first-order valence-electron chi connectivity index (χ1n) is 5.49. The van der Waals surface area contributed by atoms with Crippen molar-refractivity contribution in [3.63, 3.8) is 0 Å². The van der Waals surface area contributed by atoms with Crippen molar-refractivity contribution in [2.45, 2.75) is 6.54 Å². The highest BCUT2D eigenvalue weighted by molar-refractivity contribution is 9.11. The Balaban J connectivity index is 1.78. The summed E-state index contributed by atoms with van der Waals surface area (Å²) in [7, 11) is 0. The van der Waals surface area contributed by atoms with Gasteiger partial charge in [-0.2, -0.15) is 0 Å². The maximum absolute atomic E-state index is 4.29. The van der Waals surface area contributed by atoms with E-state index in [4.69, 9.17) is 0 Å². The molecular formula is C13H10BrN3S. The smallest absolute Gasteiger partial charge is 0.0907 e. The van der Waals surface area contributed by atoms with Gasteiger partial charge in [0.25, 0.3) is 0 Å². The van der Waals surface area contributed by atoms with Crippen molar-refractivity contribution >= 4 is 44.0 Å². The Labute approximate surface area is 117 Å². The molecule has 2 heterocycles. The van der Waals surface area contributed by atoms with Crippen LogP contribution in [-0.2, 0) is 6.54 Å². The topological polar surface area (TPSA) is 37.8 Å². The Hall–Kier alpha value is -1.46. The molecule has 3 rings (SSSR count). The van der Waals surface area contributed by atoms with Crippen LogP contribution in [0.1, 0.15) is 5.56 Å². The lowest BCUT2D eigenvalue weighted by molar-refractivity contribution is 1.16. The van der Waals surface area contributed by atoms with Gasteiger partial charge in [0.2, 0.25) is 0 Å². The summed E-state index contributed by atoms with van der Waals surface area (Å²) >= 11 is 5.16. The summed E-state index contributed by atoms with van der Waals surface area (Å²) in [5.41, 5.74) is 4.16. The van der Waals surface area contributed by atoms with Crippen LogP contribution in [-0.4, -0.2) is 9.97 Å². The lowest BCUT2D eigenvalue weighted by Crippen LogP contribution is -1.98. The molecule has 90 valence electrons. The molecule has 5 heteroatoms. The molecule has 3 aromatic rings. The number of thiophene rings is 1. The van der Waals surface area contributed by atoms with Gasteiger partial charge in [-0.25, -0.2) is 0 Å². The van der Waals surface area contributed by atoms with Gasteiger partial charge < -0.3 is 5.32 Å². The molecule has 0 fully saturated rings. The Bertz CT molecular complexity index is 681. The van der Waals surface area contributed by atoms with Crippen molar-refractivity contribution in [2.75, 3.05) is 5.32 Å². The van der Waals surface area contributed by atoms with E-state index >= 15 is 0 Å². The van der Waals surface area contributed by atoms with Crippen molar-refractivity contribution < 1.29 is 0 Å². The maximum atomic E-state index is 4.29. The number of fused-ring (bicyclic) bond motifs is 1. The number of rotatable bonds is 3. The van der Waals surface area contributed by atoms with E-state index in [1.165, 1.54) is 5.56 Å². The Morgan fingerprint density at radius 2 is 1.94 bits per heavy atom. The van der Waals surface area contributed by atoms with Crippen LogP contribution in [0.5, 0.6) is 0 Å². The van der Waals surface area contributed by atoms with Crippen molar-refractivity contribution in [2.24, 2.45) is 0 Å². The predicted molar refractivity (Wildman–Crippen MR) is 78.9 cm³/mol. The molecule has 1 N–H and O–H groups in total. The Morgan fingerprint density at radius 3 is 2.72 bits per heavy atom. The van der Waals surface area contributed by atoms with Crippen LogP contribution in [0.15, 0.2) is 45.8 Å². The SMILES string of the molecule is Brc1cc(CNc2ccc3nccnc3c2)cs1. The maximum Gasteiger partial charge on any atom is 0.0907 e. The predicted octanol–water partition coefficient (Wildman–Crippen LogP) is 4.07. The minimum Gasteiger partial charge on any atom is -0.381 e. The van der Waals surface area contributed by atoms with Gasteiger partial charge >= 0.3 is 0 Å². The molecular weight excluding hydrogens is 310 g/mol. The van der Waals surface area contributed by atoms with E-state index < -0.39 is 0 Å². The summed E-state index contributed by atoms with van der Waals surface area (Å²) in [4.78, 5) is 8.54. The fourth-order valence-corrected chi connectivity index (χ4v) is 2.92. The largest absolute Gasteiger partial charge is 0.381 e. The minimum absolute atomic E-state index is 0.813. The molecule has 0 radical (unpaired) electrons. The van der Waals surface area contributed by atoms with E-state index in [1.54, 1.807) is 23.7 Å². The number of nitrogens with one attached hydrogen (secondary N) is 1. The number of halogens is 1. The summed E-state index contributed by atoms with van der Waals surface area (Å²) in [6, 6.07) is 8.15. The van der Waals surface area contributed by atoms with E-state index in [-0.39, 0.29) is 0 Å². The monoisotopic (exact) mass is 319 g/mol. The van der Waals surface area contributed by atoms with Gasteiger partial charge in [-0.05, 0) is 51.1 Å². The lowest BCUT2D eigenvalue weighted by atomic mass is 10.2. The highest BCUT2D eigenvalue weighted by Crippen LogP contribution is 2.22. The van der Waals surface area contributed by atoms with Gasteiger partial charge in [0.1, 0.15) is 0 Å². The lowest BCUT2D eigenvalue weighted by Gasteiger charge is -2.05. The van der Waals surface area contributed by atoms with Crippen LogP contribution in [0.3, 0.4) is 0 Å². The van der Waals surface area contributed by atoms with Crippen molar-refractivity contribution in [1.82, 2.24) is 9.97 Å². The van der Waals surface area contributed by atoms with Crippen LogP contribution in [0.2, 0.25) is 0 Å². The first kappa shape index (κ1) is 11.6. The van der Waals surface area contributed by atoms with E-state index in [0.717, 1.165) is 27.1 Å². The average Bonchev–Trinajstić information content (AvgIpc) is 2.82. The number of hydrogen-bond donors (Lipinski definition) is 1. The van der Waals surface area contributed by atoms with Crippen molar-refractivity contribution in [3.8, 4) is 0 Å². The van der Waals surface area contributed by atoms with E-state index in [2.05, 4.69) is 42.7 Å². The van der Waals surface area contributed by atoms with Gasteiger partial charge in [0, 0.05) is 24.6 Å². The highest BCUT2D eigenvalue weighted by atomic mass is 79.9. The molecule has 0 aliphatic rings. The summed E-state index contributed by atoms with van der Waals surface area (Å²) in [6.45, 7) is 0.813. The van der Waals surface area contributed by atoms with Crippen molar-refractivity contribution in [1.29, 1.82) is 0 Å². The van der Waals surface area contributed by atoms with Gasteiger partial charge in [-0.1, -0.05) is 0 Å². The molecule has 0 saturated carbocycles. The first-order valence-corrected chi connectivity index (χ1v) is 7.16. The number of anilines is 1. The quantitative estimate of drug-likeness (QED) is 0.790. The van der Waals surface area contributed by atoms with Gasteiger partial charge in [-0.15, -0.1) is 11.3 Å². The van der Waals surface area contributed by atoms with E-state index in [1.807, 2.05) is 18.2 Å². The molecule has 0 unspecified atom stereocenters. The highest BCUT2D eigenvalue weighted by Gasteiger charge is 2.00. The molecule has 0 saturated heterocycles. The second kappa shape index (κ2) is 5.04. The summed E-state index contributed by atoms with van der Waals surface area (Å²) in [5.74, 6) is 0. The van der Waals surface area contributed by atoms with Gasteiger partial charge in [0.05, 0.1) is 14.8 Å². The molecule has 18 heavy (non-hydrogen) atoms.